The van der Waals surface area contributed by atoms with Gasteiger partial charge in [0.25, 0.3) is 0 Å². The van der Waals surface area contributed by atoms with Gasteiger partial charge in [0.15, 0.2) is 5.82 Å². The van der Waals surface area contributed by atoms with Crippen molar-refractivity contribution in [3.05, 3.63) is 61.2 Å². The highest BCUT2D eigenvalue weighted by Crippen LogP contribution is 2.35. The lowest BCUT2D eigenvalue weighted by atomic mass is 9.96. The lowest BCUT2D eigenvalue weighted by Crippen LogP contribution is -2.46. The van der Waals surface area contributed by atoms with Crippen LogP contribution >= 0.6 is 0 Å². The van der Waals surface area contributed by atoms with Crippen molar-refractivity contribution in [3.63, 3.8) is 0 Å². The molecule has 2 aromatic heterocycles. The van der Waals surface area contributed by atoms with Crippen LogP contribution in [0, 0.1) is 11.8 Å². The molecule has 10 nitrogen and oxygen atoms in total. The first-order valence-electron chi connectivity index (χ1n) is 14.5. The average molecular weight is 608 g/mol. The van der Waals surface area contributed by atoms with Crippen LogP contribution in [-0.4, -0.2) is 70.4 Å². The number of ether oxygens (including phenoxy) is 2. The van der Waals surface area contributed by atoms with Crippen LogP contribution in [0.25, 0.3) is 22.8 Å². The molecule has 2 fully saturated rings. The number of rotatable bonds is 10. The quantitative estimate of drug-likeness (QED) is 0.250. The molecule has 6 rings (SSSR count). The van der Waals surface area contributed by atoms with Crippen molar-refractivity contribution >= 4 is 17.5 Å². The van der Waals surface area contributed by atoms with E-state index in [9.17, 15) is 18.0 Å². The minimum absolute atomic E-state index is 0.0938. The van der Waals surface area contributed by atoms with E-state index < -0.39 is 12.1 Å². The molecule has 0 radical (unpaired) electrons. The van der Waals surface area contributed by atoms with Gasteiger partial charge in [-0.25, -0.2) is 15.0 Å². The molecule has 0 unspecified atom stereocenters. The summed E-state index contributed by atoms with van der Waals surface area (Å²) in [7, 11) is 1.43. The fraction of sp³-hybridized carbons (Fsp3) is 0.387. The van der Waals surface area contributed by atoms with Gasteiger partial charge in [0.05, 0.1) is 19.4 Å². The number of nitrogens with one attached hydrogen (secondary N) is 1. The summed E-state index contributed by atoms with van der Waals surface area (Å²) in [6, 6.07) is 12.2. The first kappa shape index (κ1) is 29.4. The van der Waals surface area contributed by atoms with Gasteiger partial charge in [0.2, 0.25) is 5.95 Å². The van der Waals surface area contributed by atoms with Gasteiger partial charge in [0.1, 0.15) is 23.7 Å². The highest BCUT2D eigenvalue weighted by molar-refractivity contribution is 5.97. The van der Waals surface area contributed by atoms with Crippen LogP contribution in [0.5, 0.6) is 11.5 Å². The van der Waals surface area contributed by atoms with Crippen LogP contribution in [0.1, 0.15) is 25.7 Å². The van der Waals surface area contributed by atoms with Crippen molar-refractivity contribution in [1.82, 2.24) is 24.9 Å². The Morgan fingerprint density at radius 1 is 1.00 bits per heavy atom. The first-order chi connectivity index (χ1) is 21.3. The molecule has 2 aromatic carbocycles. The van der Waals surface area contributed by atoms with E-state index in [1.807, 2.05) is 29.2 Å². The number of imidazole rings is 1. The Morgan fingerprint density at radius 2 is 1.77 bits per heavy atom. The van der Waals surface area contributed by atoms with E-state index in [0.717, 1.165) is 34.7 Å². The van der Waals surface area contributed by atoms with Crippen LogP contribution in [0.4, 0.5) is 24.8 Å². The van der Waals surface area contributed by atoms with Gasteiger partial charge < -0.3 is 24.3 Å². The van der Waals surface area contributed by atoms with Crippen LogP contribution in [0.2, 0.25) is 0 Å². The number of methoxy groups -OCH3 is 1. The monoisotopic (exact) mass is 607 g/mol. The van der Waals surface area contributed by atoms with E-state index >= 15 is 0 Å². The molecule has 2 aliphatic rings. The van der Waals surface area contributed by atoms with Gasteiger partial charge in [-0.2, -0.15) is 18.2 Å². The standard InChI is InChI=1S/C31H32F3N7O3/c1-43-25-14-24(15-26(16-25)44-18-21-5-6-21)41(29(42)31(32,33)34)17-20-7-11-40(12-8-20)30-38-19-37-28(39-30)23-4-2-3-22(13-23)27-35-9-10-36-27/h2-4,9-10,13-16,19-21H,5-8,11-12,17-18H2,1H3,(H,35,36). The smallest absolute Gasteiger partial charge is 0.471 e. The Morgan fingerprint density at radius 3 is 2.48 bits per heavy atom. The van der Waals surface area contributed by atoms with Gasteiger partial charge in [-0.1, -0.05) is 18.2 Å². The molecule has 0 bridgehead atoms. The molecule has 1 amide bonds. The zero-order valence-electron chi connectivity index (χ0n) is 24.1. The molecular formula is C31H32F3N7O3. The number of hydrogen-bond donors (Lipinski definition) is 1. The Kier molecular flexibility index (Phi) is 8.36. The van der Waals surface area contributed by atoms with Crippen molar-refractivity contribution in [1.29, 1.82) is 0 Å². The van der Waals surface area contributed by atoms with E-state index in [-0.39, 0.29) is 18.2 Å². The summed E-state index contributed by atoms with van der Waals surface area (Å²) in [5.41, 5.74) is 1.79. The summed E-state index contributed by atoms with van der Waals surface area (Å²) < 4.78 is 52.4. The normalized spacial score (nSPS) is 15.7. The second kappa shape index (κ2) is 12.5. The topological polar surface area (TPSA) is 109 Å². The van der Waals surface area contributed by atoms with Crippen molar-refractivity contribution < 1.29 is 27.4 Å². The number of piperidine rings is 1. The summed E-state index contributed by atoms with van der Waals surface area (Å²) in [6.45, 7) is 1.42. The molecule has 1 aliphatic carbocycles. The van der Waals surface area contributed by atoms with Gasteiger partial charge in [-0.05, 0) is 43.6 Å². The molecule has 3 heterocycles. The number of H-pyrrole nitrogens is 1. The fourth-order valence-electron chi connectivity index (χ4n) is 5.25. The number of carbonyl (C=O) groups is 1. The predicted octanol–water partition coefficient (Wildman–Crippen LogP) is 5.54. The minimum atomic E-state index is -5.03. The molecule has 230 valence electrons. The number of alkyl halides is 3. The maximum atomic E-state index is 13.8. The van der Waals surface area contributed by atoms with E-state index in [2.05, 4.69) is 24.9 Å². The number of aromatic nitrogens is 5. The van der Waals surface area contributed by atoms with E-state index in [4.69, 9.17) is 9.47 Å². The maximum Gasteiger partial charge on any atom is 0.471 e. The highest BCUT2D eigenvalue weighted by Gasteiger charge is 2.44. The second-order valence-corrected chi connectivity index (χ2v) is 11.1. The maximum absolute atomic E-state index is 13.8. The number of hydrogen-bond acceptors (Lipinski definition) is 8. The van der Waals surface area contributed by atoms with Crippen LogP contribution in [0.15, 0.2) is 61.2 Å². The van der Waals surface area contributed by atoms with Gasteiger partial charge in [0, 0.05) is 61.4 Å². The number of halogens is 3. The summed E-state index contributed by atoms with van der Waals surface area (Å²) >= 11 is 0. The predicted molar refractivity (Wildman–Crippen MR) is 157 cm³/mol. The lowest BCUT2D eigenvalue weighted by molar-refractivity contribution is -0.170. The fourth-order valence-corrected chi connectivity index (χ4v) is 5.25. The van der Waals surface area contributed by atoms with Crippen LogP contribution in [0.3, 0.4) is 0 Å². The van der Waals surface area contributed by atoms with Gasteiger partial charge in [-0.15, -0.1) is 0 Å². The molecule has 0 spiro atoms. The summed E-state index contributed by atoms with van der Waals surface area (Å²) in [6.07, 6.45) is 3.09. The number of amides is 1. The second-order valence-electron chi connectivity index (χ2n) is 11.1. The molecular weight excluding hydrogens is 575 g/mol. The van der Waals surface area contributed by atoms with Gasteiger partial charge >= 0.3 is 12.1 Å². The zero-order valence-corrected chi connectivity index (χ0v) is 24.1. The number of carbonyl (C=O) groups excluding carboxylic acids is 1. The first-order valence-corrected chi connectivity index (χ1v) is 14.5. The van der Waals surface area contributed by atoms with E-state index in [1.165, 1.54) is 25.6 Å². The summed E-state index contributed by atoms with van der Waals surface area (Å²) in [5.74, 6) is 0.790. The average Bonchev–Trinajstić information content (AvgIpc) is 3.72. The molecule has 44 heavy (non-hydrogen) atoms. The molecule has 13 heteroatoms. The Hall–Kier alpha value is -4.68. The number of nitrogens with zero attached hydrogens (tertiary/aromatic N) is 6. The molecule has 0 atom stereocenters. The van der Waals surface area contributed by atoms with E-state index in [0.29, 0.717) is 61.7 Å². The lowest BCUT2D eigenvalue weighted by Gasteiger charge is -2.35. The third kappa shape index (κ3) is 6.92. The minimum Gasteiger partial charge on any atom is -0.497 e. The number of anilines is 2. The Balaban J connectivity index is 1.15. The third-order valence-corrected chi connectivity index (χ3v) is 7.87. The van der Waals surface area contributed by atoms with E-state index in [1.54, 1.807) is 18.5 Å². The largest absolute Gasteiger partial charge is 0.497 e. The van der Waals surface area contributed by atoms with Crippen LogP contribution < -0.4 is 19.3 Å². The highest BCUT2D eigenvalue weighted by atomic mass is 19.4. The molecule has 1 saturated heterocycles. The zero-order chi connectivity index (χ0) is 30.7. The summed E-state index contributed by atoms with van der Waals surface area (Å²) in [5, 5.41) is 0. The molecule has 4 aromatic rings. The van der Waals surface area contributed by atoms with Crippen LogP contribution in [-0.2, 0) is 4.79 Å². The number of benzene rings is 2. The van der Waals surface area contributed by atoms with Crippen molar-refractivity contribution in [2.75, 3.05) is 43.2 Å². The molecule has 1 N–H and O–H groups in total. The van der Waals surface area contributed by atoms with Crippen molar-refractivity contribution in [3.8, 4) is 34.3 Å². The number of aromatic amines is 1. The van der Waals surface area contributed by atoms with Crippen molar-refractivity contribution in [2.24, 2.45) is 11.8 Å². The van der Waals surface area contributed by atoms with Gasteiger partial charge in [-0.3, -0.25) is 4.79 Å². The Bertz CT molecular complexity index is 1590. The van der Waals surface area contributed by atoms with Crippen molar-refractivity contribution in [2.45, 2.75) is 31.9 Å². The third-order valence-electron chi connectivity index (χ3n) is 7.87. The Labute approximate surface area is 252 Å². The SMILES string of the molecule is COc1cc(OCC2CC2)cc(N(CC2CCN(c3ncnc(-c4cccc(-c5ncc[nH]5)c4)n3)CC2)C(=O)C(F)(F)F)c1. The molecule has 1 aliphatic heterocycles. The summed E-state index contributed by atoms with van der Waals surface area (Å²) in [4.78, 5) is 36.2. The molecule has 1 saturated carbocycles.